The highest BCUT2D eigenvalue weighted by atomic mass is 79.9. The van der Waals surface area contributed by atoms with E-state index in [0.29, 0.717) is 12.4 Å². The molecule has 0 radical (unpaired) electrons. The van der Waals surface area contributed by atoms with Crippen LogP contribution in [0.3, 0.4) is 0 Å². The summed E-state index contributed by atoms with van der Waals surface area (Å²) in [5.41, 5.74) is -0.647. The molecule has 0 N–H and O–H groups in total. The summed E-state index contributed by atoms with van der Waals surface area (Å²) < 4.78 is 6.43. The molecule has 0 saturated carbocycles. The Hall–Kier alpha value is -1.14. The number of carbonyl (C=O) groups is 1. The Balaban J connectivity index is 3.06. The van der Waals surface area contributed by atoms with Gasteiger partial charge in [0.2, 0.25) is 0 Å². The summed E-state index contributed by atoms with van der Waals surface area (Å²) in [6.07, 6.45) is 1.31. The summed E-state index contributed by atoms with van der Waals surface area (Å²) in [6, 6.07) is 3.69. The Morgan fingerprint density at radius 2 is 1.78 bits per heavy atom. The Morgan fingerprint density at radius 1 is 1.17 bits per heavy atom. The lowest BCUT2D eigenvalue weighted by atomic mass is 9.92. The first-order chi connectivity index (χ1) is 10.4. The van der Waals surface area contributed by atoms with Crippen LogP contribution in [0.1, 0.15) is 34.6 Å². The number of ether oxygens (including phenoxy) is 1. The number of hydrogen-bond acceptors (Lipinski definition) is 4. The third-order valence-corrected chi connectivity index (χ3v) is 3.40. The van der Waals surface area contributed by atoms with Gasteiger partial charge in [-0.3, -0.25) is 4.90 Å². The second kappa shape index (κ2) is 7.62. The summed E-state index contributed by atoms with van der Waals surface area (Å²) in [6.45, 7) is 11.2. The molecule has 0 aliphatic carbocycles. The lowest BCUT2D eigenvalue weighted by molar-refractivity contribution is 0.0560. The van der Waals surface area contributed by atoms with Gasteiger partial charge >= 0.3 is 6.09 Å². The van der Waals surface area contributed by atoms with E-state index in [1.165, 1.54) is 0 Å². The van der Waals surface area contributed by atoms with E-state index in [2.05, 4.69) is 39.7 Å². The highest BCUT2D eigenvalue weighted by molar-refractivity contribution is 9.10. The molecule has 0 unspecified atom stereocenters. The van der Waals surface area contributed by atoms with Crippen LogP contribution >= 0.6 is 15.9 Å². The minimum atomic E-state index is -0.545. The van der Waals surface area contributed by atoms with Crippen molar-refractivity contribution in [2.45, 2.75) is 40.2 Å². The van der Waals surface area contributed by atoms with Gasteiger partial charge in [0, 0.05) is 23.8 Å². The molecule has 1 aromatic heterocycles. The number of aromatic nitrogens is 1. The molecule has 0 aliphatic heterocycles. The molecule has 0 atom stereocenters. The van der Waals surface area contributed by atoms with Crippen LogP contribution < -0.4 is 4.90 Å². The molecule has 1 rings (SSSR count). The molecule has 0 saturated heterocycles. The standard InChI is InChI=1S/C17H28BrN3O2/c1-16(2,3)23-15(22)21(12-17(4,5)11-20(6)7)14-9-8-13(18)10-19-14/h8-10H,11-12H2,1-7H3. The number of anilines is 1. The van der Waals surface area contributed by atoms with Crippen molar-refractivity contribution in [2.24, 2.45) is 5.41 Å². The van der Waals surface area contributed by atoms with Crippen LogP contribution in [0.5, 0.6) is 0 Å². The van der Waals surface area contributed by atoms with Crippen LogP contribution in [-0.4, -0.2) is 48.8 Å². The van der Waals surface area contributed by atoms with Gasteiger partial charge in [0.05, 0.1) is 0 Å². The van der Waals surface area contributed by atoms with E-state index >= 15 is 0 Å². The molecule has 1 heterocycles. The average Bonchev–Trinajstić information content (AvgIpc) is 2.33. The normalized spacial score (nSPS) is 12.4. The largest absolute Gasteiger partial charge is 0.443 e. The molecule has 23 heavy (non-hydrogen) atoms. The SMILES string of the molecule is CN(C)CC(C)(C)CN(C(=O)OC(C)(C)C)c1ccc(Br)cn1. The number of rotatable bonds is 5. The van der Waals surface area contributed by atoms with Crippen LogP contribution in [0, 0.1) is 5.41 Å². The maximum atomic E-state index is 12.6. The summed E-state index contributed by atoms with van der Waals surface area (Å²) in [5.74, 6) is 0.592. The fraction of sp³-hybridized carbons (Fsp3) is 0.647. The molecule has 0 aromatic carbocycles. The van der Waals surface area contributed by atoms with E-state index in [-0.39, 0.29) is 11.5 Å². The zero-order valence-corrected chi connectivity index (χ0v) is 16.8. The summed E-state index contributed by atoms with van der Waals surface area (Å²) in [5, 5.41) is 0. The third-order valence-electron chi connectivity index (χ3n) is 2.93. The second-order valence-electron chi connectivity index (χ2n) is 7.80. The van der Waals surface area contributed by atoms with Crippen molar-refractivity contribution in [3.8, 4) is 0 Å². The monoisotopic (exact) mass is 385 g/mol. The first-order valence-corrected chi connectivity index (χ1v) is 8.46. The minimum absolute atomic E-state index is 0.102. The van der Waals surface area contributed by atoms with Gasteiger partial charge in [-0.1, -0.05) is 13.8 Å². The van der Waals surface area contributed by atoms with Crippen molar-refractivity contribution in [1.29, 1.82) is 0 Å². The Bertz CT molecular complexity index is 522. The lowest BCUT2D eigenvalue weighted by Crippen LogP contribution is -2.45. The zero-order chi connectivity index (χ0) is 17.8. The topological polar surface area (TPSA) is 45.7 Å². The maximum absolute atomic E-state index is 12.6. The molecule has 0 bridgehead atoms. The van der Waals surface area contributed by atoms with Crippen LogP contribution in [0.15, 0.2) is 22.8 Å². The Kier molecular flexibility index (Phi) is 6.59. The fourth-order valence-electron chi connectivity index (χ4n) is 2.42. The van der Waals surface area contributed by atoms with E-state index in [1.54, 1.807) is 11.1 Å². The first kappa shape index (κ1) is 19.9. The molecule has 6 heteroatoms. The van der Waals surface area contributed by atoms with E-state index in [0.717, 1.165) is 11.0 Å². The van der Waals surface area contributed by atoms with Gasteiger partial charge in [-0.2, -0.15) is 0 Å². The number of halogens is 1. The predicted octanol–water partition coefficient (Wildman–Crippen LogP) is 4.17. The van der Waals surface area contributed by atoms with Gasteiger partial charge in [0.1, 0.15) is 11.4 Å². The summed E-state index contributed by atoms with van der Waals surface area (Å²) in [7, 11) is 4.05. The third kappa shape index (κ3) is 7.31. The van der Waals surface area contributed by atoms with Crippen molar-refractivity contribution in [1.82, 2.24) is 9.88 Å². The van der Waals surface area contributed by atoms with Gasteiger partial charge in [0.25, 0.3) is 0 Å². The van der Waals surface area contributed by atoms with E-state index in [1.807, 2.05) is 47.0 Å². The lowest BCUT2D eigenvalue weighted by Gasteiger charge is -2.35. The minimum Gasteiger partial charge on any atom is -0.443 e. The second-order valence-corrected chi connectivity index (χ2v) is 8.72. The molecular formula is C17H28BrN3O2. The van der Waals surface area contributed by atoms with Crippen LogP contribution in [-0.2, 0) is 4.74 Å². The maximum Gasteiger partial charge on any atom is 0.416 e. The van der Waals surface area contributed by atoms with Crippen molar-refractivity contribution in [3.05, 3.63) is 22.8 Å². The van der Waals surface area contributed by atoms with Crippen molar-refractivity contribution >= 4 is 27.8 Å². The number of amides is 1. The van der Waals surface area contributed by atoms with E-state index in [4.69, 9.17) is 4.74 Å². The van der Waals surface area contributed by atoms with Crippen LogP contribution in [0.2, 0.25) is 0 Å². The molecule has 130 valence electrons. The fourth-order valence-corrected chi connectivity index (χ4v) is 2.65. The van der Waals surface area contributed by atoms with Crippen LogP contribution in [0.4, 0.5) is 10.6 Å². The number of carbonyl (C=O) groups excluding carboxylic acids is 1. The van der Waals surface area contributed by atoms with Crippen molar-refractivity contribution < 1.29 is 9.53 Å². The predicted molar refractivity (Wildman–Crippen MR) is 97.9 cm³/mol. The highest BCUT2D eigenvalue weighted by Crippen LogP contribution is 2.24. The number of nitrogens with zero attached hydrogens (tertiary/aromatic N) is 3. The smallest absolute Gasteiger partial charge is 0.416 e. The molecule has 0 spiro atoms. The van der Waals surface area contributed by atoms with Crippen molar-refractivity contribution in [2.75, 3.05) is 32.1 Å². The van der Waals surface area contributed by atoms with Crippen LogP contribution in [0.25, 0.3) is 0 Å². The van der Waals surface area contributed by atoms with Crippen molar-refractivity contribution in [3.63, 3.8) is 0 Å². The quantitative estimate of drug-likeness (QED) is 0.762. The zero-order valence-electron chi connectivity index (χ0n) is 15.2. The highest BCUT2D eigenvalue weighted by Gasteiger charge is 2.30. The Labute approximate surface area is 148 Å². The average molecular weight is 386 g/mol. The number of hydrogen-bond donors (Lipinski definition) is 0. The summed E-state index contributed by atoms with van der Waals surface area (Å²) in [4.78, 5) is 20.7. The van der Waals surface area contributed by atoms with Gasteiger partial charge in [-0.05, 0) is 68.3 Å². The molecule has 1 aromatic rings. The van der Waals surface area contributed by atoms with Gasteiger partial charge in [-0.15, -0.1) is 0 Å². The Morgan fingerprint density at radius 3 is 2.22 bits per heavy atom. The van der Waals surface area contributed by atoms with Gasteiger partial charge < -0.3 is 9.64 Å². The van der Waals surface area contributed by atoms with E-state index in [9.17, 15) is 4.79 Å². The van der Waals surface area contributed by atoms with Gasteiger partial charge in [-0.25, -0.2) is 9.78 Å². The van der Waals surface area contributed by atoms with E-state index < -0.39 is 5.60 Å². The molecule has 0 aliphatic rings. The summed E-state index contributed by atoms with van der Waals surface area (Å²) >= 11 is 3.37. The van der Waals surface area contributed by atoms with Gasteiger partial charge in [0.15, 0.2) is 0 Å². The molecule has 5 nitrogen and oxygen atoms in total. The number of pyridine rings is 1. The molecule has 0 fully saturated rings. The first-order valence-electron chi connectivity index (χ1n) is 7.66. The molecule has 1 amide bonds. The molecular weight excluding hydrogens is 358 g/mol.